The number of hydrogen-bond donors (Lipinski definition) is 4. The van der Waals surface area contributed by atoms with Crippen molar-refractivity contribution in [2.75, 3.05) is 23.9 Å². The van der Waals surface area contributed by atoms with Crippen LogP contribution in [0.4, 0.5) is 11.5 Å². The molecule has 0 saturated carbocycles. The van der Waals surface area contributed by atoms with Crippen molar-refractivity contribution in [2.24, 2.45) is 5.84 Å². The lowest BCUT2D eigenvalue weighted by Crippen LogP contribution is -2.43. The van der Waals surface area contributed by atoms with Gasteiger partial charge in [-0.25, -0.2) is 10.8 Å². The summed E-state index contributed by atoms with van der Waals surface area (Å²) in [5.74, 6) is 5.86. The minimum absolute atomic E-state index is 0.149. The van der Waals surface area contributed by atoms with Crippen LogP contribution in [0, 0.1) is 0 Å². The number of ether oxygens (including phenoxy) is 1. The number of hydrazine groups is 1. The number of pyridine rings is 1. The van der Waals surface area contributed by atoms with Gasteiger partial charge in [0, 0.05) is 37.5 Å². The number of nitrogens with one attached hydrogen (secondary N) is 2. The summed E-state index contributed by atoms with van der Waals surface area (Å²) in [6, 6.07) is 3.61. The number of nitrogens with two attached hydrogens (primary N) is 1. The maximum Gasteiger partial charge on any atom is 0.141 e. The van der Waals surface area contributed by atoms with Gasteiger partial charge in [0.2, 0.25) is 0 Å². The van der Waals surface area contributed by atoms with E-state index >= 15 is 0 Å². The molecule has 2 rings (SSSR count). The summed E-state index contributed by atoms with van der Waals surface area (Å²) in [4.78, 5) is 4.01. The molecule has 6 heteroatoms. The van der Waals surface area contributed by atoms with Crippen LogP contribution in [0.3, 0.4) is 0 Å². The third-order valence-corrected chi connectivity index (χ3v) is 3.17. The average molecular weight is 238 g/mol. The van der Waals surface area contributed by atoms with Crippen molar-refractivity contribution in [3.63, 3.8) is 0 Å². The van der Waals surface area contributed by atoms with Crippen molar-refractivity contribution in [3.05, 3.63) is 18.3 Å². The first-order valence-corrected chi connectivity index (χ1v) is 5.64. The van der Waals surface area contributed by atoms with Gasteiger partial charge >= 0.3 is 0 Å². The molecule has 1 aliphatic rings. The van der Waals surface area contributed by atoms with Gasteiger partial charge in [-0.15, -0.1) is 0 Å². The maximum atomic E-state index is 10.3. The van der Waals surface area contributed by atoms with Gasteiger partial charge in [0.15, 0.2) is 0 Å². The Morgan fingerprint density at radius 2 is 2.53 bits per heavy atom. The summed E-state index contributed by atoms with van der Waals surface area (Å²) < 4.78 is 5.37. The second-order valence-corrected chi connectivity index (χ2v) is 4.29. The minimum Gasteiger partial charge on any atom is -0.385 e. The Morgan fingerprint density at radius 3 is 3.18 bits per heavy atom. The molecule has 1 aromatic rings. The van der Waals surface area contributed by atoms with E-state index in [0.717, 1.165) is 5.69 Å². The van der Waals surface area contributed by atoms with E-state index in [2.05, 4.69) is 15.7 Å². The van der Waals surface area contributed by atoms with Crippen molar-refractivity contribution in [2.45, 2.75) is 25.0 Å². The van der Waals surface area contributed by atoms with Crippen LogP contribution in [0.15, 0.2) is 18.3 Å². The molecule has 2 atom stereocenters. The smallest absolute Gasteiger partial charge is 0.141 e. The van der Waals surface area contributed by atoms with Crippen molar-refractivity contribution in [1.82, 2.24) is 4.98 Å². The molecule has 2 unspecified atom stereocenters. The van der Waals surface area contributed by atoms with E-state index in [4.69, 9.17) is 10.6 Å². The summed E-state index contributed by atoms with van der Waals surface area (Å²) in [6.45, 7) is 2.93. The van der Waals surface area contributed by atoms with Crippen LogP contribution in [-0.4, -0.2) is 34.9 Å². The van der Waals surface area contributed by atoms with Crippen LogP contribution in [0.1, 0.15) is 13.3 Å². The topological polar surface area (TPSA) is 92.4 Å². The summed E-state index contributed by atoms with van der Waals surface area (Å²) in [7, 11) is 0. The van der Waals surface area contributed by atoms with Gasteiger partial charge in [0.1, 0.15) is 11.4 Å². The zero-order chi connectivity index (χ0) is 12.3. The fourth-order valence-corrected chi connectivity index (χ4v) is 1.88. The molecule has 1 aromatic heterocycles. The molecule has 0 aliphatic carbocycles. The quantitative estimate of drug-likeness (QED) is 0.446. The molecule has 0 bridgehead atoms. The van der Waals surface area contributed by atoms with Gasteiger partial charge < -0.3 is 20.6 Å². The molecule has 1 aliphatic heterocycles. The van der Waals surface area contributed by atoms with Crippen LogP contribution in [0.2, 0.25) is 0 Å². The number of nitrogens with zero attached hydrogens (tertiary/aromatic N) is 1. The van der Waals surface area contributed by atoms with Crippen molar-refractivity contribution < 1.29 is 9.84 Å². The highest BCUT2D eigenvalue weighted by atomic mass is 16.5. The van der Waals surface area contributed by atoms with Gasteiger partial charge in [-0.3, -0.25) is 0 Å². The molecule has 0 spiro atoms. The summed E-state index contributed by atoms with van der Waals surface area (Å²) in [5, 5.41) is 13.5. The van der Waals surface area contributed by atoms with Crippen LogP contribution < -0.4 is 16.6 Å². The lowest BCUT2D eigenvalue weighted by Gasteiger charge is -2.26. The van der Waals surface area contributed by atoms with Gasteiger partial charge in [-0.2, -0.15) is 0 Å². The third kappa shape index (κ3) is 2.66. The number of hydrogen-bond acceptors (Lipinski definition) is 6. The first kappa shape index (κ1) is 12.1. The fraction of sp³-hybridized carbons (Fsp3) is 0.545. The van der Waals surface area contributed by atoms with E-state index in [9.17, 15) is 5.11 Å². The molecule has 0 amide bonds. The second-order valence-electron chi connectivity index (χ2n) is 4.29. The Morgan fingerprint density at radius 1 is 1.71 bits per heavy atom. The highest BCUT2D eigenvalue weighted by Crippen LogP contribution is 2.26. The second kappa shape index (κ2) is 4.87. The first-order chi connectivity index (χ1) is 8.14. The van der Waals surface area contributed by atoms with Crippen molar-refractivity contribution in [1.29, 1.82) is 0 Å². The monoisotopic (exact) mass is 238 g/mol. The molecular weight excluding hydrogens is 220 g/mol. The Labute approximate surface area is 100 Å². The zero-order valence-electron chi connectivity index (χ0n) is 9.81. The molecule has 2 heterocycles. The van der Waals surface area contributed by atoms with Crippen molar-refractivity contribution in [3.8, 4) is 0 Å². The standard InChI is InChI=1S/C11H18N4O2/c1-8-11(16,3-5-17-8)7-14-9-2-4-13-10(6-9)15-12/h2,4,6,8,16H,3,5,7,12H2,1H3,(H2,13,14,15). The van der Waals surface area contributed by atoms with Gasteiger partial charge in [-0.1, -0.05) is 0 Å². The average Bonchev–Trinajstić information content (AvgIpc) is 2.68. The number of anilines is 2. The van der Waals surface area contributed by atoms with Crippen molar-refractivity contribution >= 4 is 11.5 Å². The molecule has 6 nitrogen and oxygen atoms in total. The summed E-state index contributed by atoms with van der Waals surface area (Å²) in [5.41, 5.74) is 2.53. The van der Waals surface area contributed by atoms with Crippen LogP contribution in [0.5, 0.6) is 0 Å². The highest BCUT2D eigenvalue weighted by molar-refractivity contribution is 5.51. The number of aliphatic hydroxyl groups is 1. The Kier molecular flexibility index (Phi) is 3.46. The molecule has 94 valence electrons. The van der Waals surface area contributed by atoms with Gasteiger partial charge in [0.05, 0.1) is 6.10 Å². The van der Waals surface area contributed by atoms with Crippen LogP contribution >= 0.6 is 0 Å². The molecule has 17 heavy (non-hydrogen) atoms. The van der Waals surface area contributed by atoms with E-state index in [0.29, 0.717) is 25.4 Å². The predicted molar refractivity (Wildman–Crippen MR) is 65.5 cm³/mol. The molecule has 0 radical (unpaired) electrons. The zero-order valence-corrected chi connectivity index (χ0v) is 9.81. The normalized spacial score (nSPS) is 28.1. The lowest BCUT2D eigenvalue weighted by molar-refractivity contribution is -0.0175. The molecule has 1 fully saturated rings. The first-order valence-electron chi connectivity index (χ1n) is 5.64. The van der Waals surface area contributed by atoms with E-state index in [1.165, 1.54) is 0 Å². The van der Waals surface area contributed by atoms with E-state index in [1.54, 1.807) is 12.3 Å². The number of aromatic nitrogens is 1. The Bertz CT molecular complexity index is 387. The minimum atomic E-state index is -0.806. The summed E-state index contributed by atoms with van der Waals surface area (Å²) in [6.07, 6.45) is 2.15. The predicted octanol–water partition coefficient (Wildman–Crippen LogP) is 0.319. The molecule has 1 saturated heterocycles. The van der Waals surface area contributed by atoms with Gasteiger partial charge in [-0.05, 0) is 13.0 Å². The lowest BCUT2D eigenvalue weighted by atomic mass is 9.97. The Balaban J connectivity index is 1.97. The Hall–Kier alpha value is -1.37. The largest absolute Gasteiger partial charge is 0.385 e. The number of nitrogen functional groups attached to an aromatic ring is 1. The van der Waals surface area contributed by atoms with E-state index in [-0.39, 0.29) is 6.10 Å². The fourth-order valence-electron chi connectivity index (χ4n) is 1.88. The van der Waals surface area contributed by atoms with Crippen LogP contribution in [0.25, 0.3) is 0 Å². The molecular formula is C11H18N4O2. The highest BCUT2D eigenvalue weighted by Gasteiger charge is 2.39. The van der Waals surface area contributed by atoms with Gasteiger partial charge in [0.25, 0.3) is 0 Å². The van der Waals surface area contributed by atoms with E-state index in [1.807, 2.05) is 13.0 Å². The SMILES string of the molecule is CC1OCCC1(O)CNc1ccnc(NN)c1. The van der Waals surface area contributed by atoms with Crippen LogP contribution in [-0.2, 0) is 4.74 Å². The molecule has 0 aromatic carbocycles. The van der Waals surface area contributed by atoms with E-state index < -0.39 is 5.60 Å². The number of rotatable bonds is 4. The summed E-state index contributed by atoms with van der Waals surface area (Å²) >= 11 is 0. The third-order valence-electron chi connectivity index (χ3n) is 3.17. The maximum absolute atomic E-state index is 10.3. The molecule has 5 N–H and O–H groups in total.